The minimum atomic E-state index is -0.0707. The van der Waals surface area contributed by atoms with Crippen LogP contribution in [0.15, 0.2) is 97.1 Å². The van der Waals surface area contributed by atoms with Crippen molar-refractivity contribution in [3.05, 3.63) is 108 Å². The van der Waals surface area contributed by atoms with Gasteiger partial charge in [0.1, 0.15) is 11.5 Å². The fraction of sp³-hybridized carbons (Fsp3) is 0.409. The van der Waals surface area contributed by atoms with Crippen molar-refractivity contribution in [1.29, 1.82) is 10.5 Å². The first-order chi connectivity index (χ1) is 22.8. The fourth-order valence-corrected chi connectivity index (χ4v) is 10.5. The van der Waals surface area contributed by atoms with Gasteiger partial charge in [-0.15, -0.1) is 10.5 Å². The van der Waals surface area contributed by atoms with E-state index in [1.807, 2.05) is 61.0 Å². The average molecular weight is 635 g/mol. The Balaban J connectivity index is 1.48. The van der Waals surface area contributed by atoms with Crippen molar-refractivity contribution in [2.24, 2.45) is 21.7 Å². The zero-order valence-corrected chi connectivity index (χ0v) is 29.2. The first-order valence-electron chi connectivity index (χ1n) is 17.3. The third-order valence-corrected chi connectivity index (χ3v) is 12.9. The summed E-state index contributed by atoms with van der Waals surface area (Å²) < 4.78 is 11.1. The molecular weight excluding hydrogens is 588 g/mol. The predicted molar refractivity (Wildman–Crippen MR) is 191 cm³/mol. The lowest BCUT2D eigenvalue weighted by molar-refractivity contribution is -0.214. The summed E-state index contributed by atoms with van der Waals surface area (Å²) in [5, 5.41) is 19.1. The lowest BCUT2D eigenvalue weighted by Gasteiger charge is -2.76. The van der Waals surface area contributed by atoms with Crippen LogP contribution >= 0.6 is 0 Å². The van der Waals surface area contributed by atoms with Gasteiger partial charge in [0.15, 0.2) is 0 Å². The van der Waals surface area contributed by atoms with E-state index in [0.717, 1.165) is 54.4 Å². The molecule has 4 fully saturated rings. The van der Waals surface area contributed by atoms with Gasteiger partial charge >= 0.3 is 0 Å². The Morgan fingerprint density at radius 2 is 0.875 bits per heavy atom. The quantitative estimate of drug-likeness (QED) is 0.198. The van der Waals surface area contributed by atoms with Gasteiger partial charge in [-0.25, -0.2) is 0 Å². The van der Waals surface area contributed by atoms with Gasteiger partial charge in [0, 0.05) is 11.1 Å². The molecule has 4 saturated carbocycles. The second-order valence-electron chi connectivity index (χ2n) is 17.2. The van der Waals surface area contributed by atoms with Gasteiger partial charge in [-0.3, -0.25) is 0 Å². The molecular formula is C44H46N2O2. The number of rotatable bonds is 6. The summed E-state index contributed by atoms with van der Waals surface area (Å²) >= 11 is 0. The highest BCUT2D eigenvalue weighted by Gasteiger charge is 2.72. The van der Waals surface area contributed by atoms with E-state index in [9.17, 15) is 10.5 Å². The molecule has 0 saturated heterocycles. The minimum absolute atomic E-state index is 0.0707. The number of ether oxygens (including phenoxy) is 2. The second kappa shape index (κ2) is 11.0. The van der Waals surface area contributed by atoms with Gasteiger partial charge < -0.3 is 9.47 Å². The van der Waals surface area contributed by atoms with Crippen LogP contribution in [0, 0.1) is 44.7 Å². The van der Waals surface area contributed by atoms with Crippen LogP contribution in [-0.2, 0) is 10.8 Å². The van der Waals surface area contributed by atoms with Gasteiger partial charge in [-0.05, 0) is 118 Å². The average Bonchev–Trinajstić information content (AvgIpc) is 3.04. The van der Waals surface area contributed by atoms with Gasteiger partial charge in [0.05, 0.1) is 0 Å². The highest BCUT2D eigenvalue weighted by Crippen LogP contribution is 2.80. The van der Waals surface area contributed by atoms with Crippen LogP contribution in [0.3, 0.4) is 0 Å². The third kappa shape index (κ3) is 4.92. The van der Waals surface area contributed by atoms with Crippen molar-refractivity contribution in [3.8, 4) is 46.3 Å². The maximum absolute atomic E-state index is 9.56. The molecule has 0 radical (unpaired) electrons. The molecule has 0 aromatic heterocycles. The molecule has 0 unspecified atom stereocenters. The largest absolute Gasteiger partial charge is 0.387 e. The summed E-state index contributed by atoms with van der Waals surface area (Å²) in [5.41, 5.74) is 7.00. The molecule has 0 aliphatic heterocycles. The molecule has 48 heavy (non-hydrogen) atoms. The Morgan fingerprint density at radius 3 is 1.21 bits per heavy atom. The second-order valence-corrected chi connectivity index (χ2v) is 17.2. The molecule has 0 heterocycles. The van der Waals surface area contributed by atoms with E-state index in [0.29, 0.717) is 11.5 Å². The molecule has 4 aliphatic carbocycles. The van der Waals surface area contributed by atoms with Gasteiger partial charge in [-0.2, -0.15) is 0 Å². The van der Waals surface area contributed by atoms with E-state index < -0.39 is 0 Å². The number of hydrogen-bond donors (Lipinski definition) is 0. The van der Waals surface area contributed by atoms with Gasteiger partial charge in [0.2, 0.25) is 0 Å². The van der Waals surface area contributed by atoms with Crippen molar-refractivity contribution < 1.29 is 9.47 Å². The number of nitriles is 2. The van der Waals surface area contributed by atoms with Crippen LogP contribution in [0.5, 0.6) is 11.5 Å². The minimum Gasteiger partial charge on any atom is -0.387 e. The number of nitrogens with zero attached hydrogens (tertiary/aromatic N) is 2. The first kappa shape index (κ1) is 32.0. The van der Waals surface area contributed by atoms with E-state index >= 15 is 0 Å². The molecule has 0 spiro atoms. The summed E-state index contributed by atoms with van der Waals surface area (Å²) in [6.45, 7) is 14.8. The Labute approximate surface area is 286 Å². The summed E-state index contributed by atoms with van der Waals surface area (Å²) in [6.07, 6.45) is 10.7. The van der Waals surface area contributed by atoms with Crippen molar-refractivity contribution in [1.82, 2.24) is 0 Å². The zero-order chi connectivity index (χ0) is 34.0. The summed E-state index contributed by atoms with van der Waals surface area (Å²) in [5.74, 6) is 1.20. The third-order valence-electron chi connectivity index (χ3n) is 12.9. The van der Waals surface area contributed by atoms with E-state index in [4.69, 9.17) is 9.47 Å². The molecule has 4 heteroatoms. The van der Waals surface area contributed by atoms with Crippen LogP contribution in [0.2, 0.25) is 0 Å². The Bertz CT molecular complexity index is 1780. The smallest absolute Gasteiger partial charge is 0.292 e. The standard InChI is InChI=1S/C44H46N2O2/c1-39(2,3)43-24-41(33-17-19-37(47-29-45)35(21-33)31-13-9-7-10-14-31)23-42(25-43,27-44(26-41,28-43)40(4,5)6)34-18-20-38(48-30-46)36(22-34)32-15-11-8-12-16-32/h7-22H,23-28H2,1-6H3. The number of hydrogen-bond acceptors (Lipinski definition) is 4. The monoisotopic (exact) mass is 634 g/mol. The van der Waals surface area contributed by atoms with E-state index in [-0.39, 0.29) is 32.5 Å². The molecule has 8 rings (SSSR count). The topological polar surface area (TPSA) is 66.0 Å². The van der Waals surface area contributed by atoms with Crippen molar-refractivity contribution in [2.45, 2.75) is 90.9 Å². The molecule has 4 aliphatic rings. The molecule has 0 amide bonds. The highest BCUT2D eigenvalue weighted by atomic mass is 16.5. The van der Waals surface area contributed by atoms with E-state index in [2.05, 4.69) is 90.1 Å². The molecule has 0 N–H and O–H groups in total. The van der Waals surface area contributed by atoms with E-state index in [1.165, 1.54) is 17.5 Å². The SMILES string of the molecule is CC(C)(C)C12CC3(c4ccc(OC#N)c(-c5ccccc5)c4)CC(c4ccc(OC#N)c(-c5ccccc5)c4)(C1)CC(C(C)(C)C)(C3)C2. The normalized spacial score (nSPS) is 27.6. The van der Waals surface area contributed by atoms with Crippen LogP contribution in [0.4, 0.5) is 0 Å². The molecule has 4 nitrogen and oxygen atoms in total. The molecule has 4 bridgehead atoms. The molecule has 244 valence electrons. The zero-order valence-electron chi connectivity index (χ0n) is 29.2. The first-order valence-corrected chi connectivity index (χ1v) is 17.3. The highest BCUT2D eigenvalue weighted by molar-refractivity contribution is 5.73. The maximum atomic E-state index is 9.56. The van der Waals surface area contributed by atoms with E-state index in [1.54, 1.807) is 0 Å². The lowest BCUT2D eigenvalue weighted by atomic mass is 9.28. The Hall–Kier alpha value is -4.54. The van der Waals surface area contributed by atoms with Gasteiger partial charge in [0.25, 0.3) is 12.5 Å². The van der Waals surface area contributed by atoms with Crippen molar-refractivity contribution >= 4 is 0 Å². The Morgan fingerprint density at radius 1 is 0.500 bits per heavy atom. The fourth-order valence-electron chi connectivity index (χ4n) is 10.5. The Kier molecular flexibility index (Phi) is 7.34. The van der Waals surface area contributed by atoms with Crippen LogP contribution in [-0.4, -0.2) is 0 Å². The molecule has 0 atom stereocenters. The summed E-state index contributed by atoms with van der Waals surface area (Å²) in [7, 11) is 0. The maximum Gasteiger partial charge on any atom is 0.292 e. The molecule has 4 aromatic carbocycles. The lowest BCUT2D eigenvalue weighted by Crippen LogP contribution is -2.69. The summed E-state index contributed by atoms with van der Waals surface area (Å²) in [4.78, 5) is 0. The van der Waals surface area contributed by atoms with Crippen LogP contribution < -0.4 is 9.47 Å². The van der Waals surface area contributed by atoms with Crippen LogP contribution in [0.25, 0.3) is 22.3 Å². The molecule has 4 aromatic rings. The van der Waals surface area contributed by atoms with Crippen molar-refractivity contribution in [2.75, 3.05) is 0 Å². The predicted octanol–water partition coefficient (Wildman–Crippen LogP) is 11.4. The number of benzene rings is 4. The van der Waals surface area contributed by atoms with Gasteiger partial charge in [-0.1, -0.05) is 114 Å². The summed E-state index contributed by atoms with van der Waals surface area (Å²) in [6, 6.07) is 33.9. The van der Waals surface area contributed by atoms with Crippen molar-refractivity contribution in [3.63, 3.8) is 0 Å². The van der Waals surface area contributed by atoms with Crippen LogP contribution in [0.1, 0.15) is 91.2 Å².